The zero-order valence-corrected chi connectivity index (χ0v) is 66.9. The fraction of sp³-hybridized carbons (Fsp3) is 0.950. The Morgan fingerprint density at radius 3 is 0.717 bits per heavy atom. The van der Waals surface area contributed by atoms with Crippen molar-refractivity contribution in [3.8, 4) is 0 Å². The maximum Gasteiger partial charge on any atom is 0.472 e. The third-order valence-corrected chi connectivity index (χ3v) is 20.8. The van der Waals surface area contributed by atoms with Crippen molar-refractivity contribution in [3.05, 3.63) is 0 Å². The Morgan fingerprint density at radius 2 is 0.485 bits per heavy atom. The number of ether oxygens (including phenoxy) is 4. The largest absolute Gasteiger partial charge is 0.472 e. The van der Waals surface area contributed by atoms with Crippen molar-refractivity contribution in [2.75, 3.05) is 39.6 Å². The van der Waals surface area contributed by atoms with Crippen LogP contribution in [0.3, 0.4) is 0 Å². The van der Waals surface area contributed by atoms with Gasteiger partial charge in [-0.25, -0.2) is 9.13 Å². The molecule has 0 aliphatic rings. The van der Waals surface area contributed by atoms with E-state index in [2.05, 4.69) is 55.4 Å². The van der Waals surface area contributed by atoms with Crippen molar-refractivity contribution >= 4 is 39.5 Å². The van der Waals surface area contributed by atoms with Crippen LogP contribution in [0.2, 0.25) is 0 Å². The lowest BCUT2D eigenvalue weighted by Gasteiger charge is -2.21. The molecule has 0 saturated carbocycles. The van der Waals surface area contributed by atoms with Crippen LogP contribution in [0, 0.1) is 23.7 Å². The second-order valence-corrected chi connectivity index (χ2v) is 33.4. The van der Waals surface area contributed by atoms with Gasteiger partial charge in [0.05, 0.1) is 26.4 Å². The molecule has 19 heteroatoms. The Labute approximate surface area is 607 Å². The summed E-state index contributed by atoms with van der Waals surface area (Å²) in [6, 6.07) is 0. The van der Waals surface area contributed by atoms with Crippen LogP contribution < -0.4 is 0 Å². The van der Waals surface area contributed by atoms with Crippen molar-refractivity contribution in [1.29, 1.82) is 0 Å². The van der Waals surface area contributed by atoms with E-state index in [9.17, 15) is 43.2 Å². The molecule has 0 aromatic rings. The predicted octanol–water partition coefficient (Wildman–Crippen LogP) is 23.6. The average Bonchev–Trinajstić information content (AvgIpc) is 0.968. The number of esters is 4. The number of aliphatic hydroxyl groups is 1. The molecule has 0 spiro atoms. The topological polar surface area (TPSA) is 237 Å². The highest BCUT2D eigenvalue weighted by Gasteiger charge is 2.30. The Bertz CT molecular complexity index is 1940. The number of hydrogen-bond acceptors (Lipinski definition) is 15. The van der Waals surface area contributed by atoms with Gasteiger partial charge in [-0.1, -0.05) is 357 Å². The molecule has 0 amide bonds. The lowest BCUT2D eigenvalue weighted by Crippen LogP contribution is -2.30. The first-order valence-corrected chi connectivity index (χ1v) is 44.2. The molecule has 17 nitrogen and oxygen atoms in total. The summed E-state index contributed by atoms with van der Waals surface area (Å²) in [5.74, 6) is 0.976. The monoisotopic (exact) mass is 1450 g/mol. The van der Waals surface area contributed by atoms with Gasteiger partial charge in [0.1, 0.15) is 19.3 Å². The Kier molecular flexibility index (Phi) is 67.8. The number of rotatable bonds is 77. The van der Waals surface area contributed by atoms with Crippen LogP contribution in [0.25, 0.3) is 0 Å². The molecule has 3 N–H and O–H groups in total. The summed E-state index contributed by atoms with van der Waals surface area (Å²) in [4.78, 5) is 72.9. The third kappa shape index (κ3) is 72.8. The standard InChI is InChI=1S/C80H156O17P2/c1-9-73(8)59-51-43-34-28-24-25-29-35-44-52-60-77(82)90-66-75(96-79(84)62-54-46-36-30-22-18-13-11-10-12-16-20-26-32-40-48-56-70(2)3)68-94-98(86,87)92-64-74(81)65-93-99(88,89)95-69-76(67-91-78(83)61-53-45-39-38-42-50-58-72(6)7)97-80(85)63-55-47-37-31-23-19-15-14-17-21-27-33-41-49-57-71(4)5/h70-76,81H,9-69H2,1-8H3,(H,86,87)(H,88,89)/t73?,74-,75-,76-/m1/s1. The molecule has 0 bridgehead atoms. The van der Waals surface area contributed by atoms with E-state index < -0.39 is 97.5 Å². The molecule has 0 aliphatic carbocycles. The number of phosphoric ester groups is 2. The van der Waals surface area contributed by atoms with Crippen molar-refractivity contribution in [2.45, 2.75) is 427 Å². The highest BCUT2D eigenvalue weighted by atomic mass is 31.2. The second kappa shape index (κ2) is 69.1. The van der Waals surface area contributed by atoms with E-state index in [4.69, 9.17) is 37.0 Å². The van der Waals surface area contributed by atoms with Crippen molar-refractivity contribution in [3.63, 3.8) is 0 Å². The maximum atomic E-state index is 13.1. The number of hydrogen-bond donors (Lipinski definition) is 3. The van der Waals surface area contributed by atoms with E-state index >= 15 is 0 Å². The molecule has 0 aliphatic heterocycles. The van der Waals surface area contributed by atoms with E-state index in [0.717, 1.165) is 114 Å². The Balaban J connectivity index is 5.22. The highest BCUT2D eigenvalue weighted by molar-refractivity contribution is 7.47. The highest BCUT2D eigenvalue weighted by Crippen LogP contribution is 2.45. The summed E-state index contributed by atoms with van der Waals surface area (Å²) in [5, 5.41) is 10.6. The maximum absolute atomic E-state index is 13.1. The van der Waals surface area contributed by atoms with Crippen molar-refractivity contribution in [2.24, 2.45) is 23.7 Å². The number of aliphatic hydroxyl groups excluding tert-OH is 1. The van der Waals surface area contributed by atoms with Crippen LogP contribution in [0.1, 0.15) is 409 Å². The van der Waals surface area contributed by atoms with Gasteiger partial charge in [-0.05, 0) is 49.4 Å². The summed E-state index contributed by atoms with van der Waals surface area (Å²) >= 11 is 0. The van der Waals surface area contributed by atoms with Gasteiger partial charge in [0.15, 0.2) is 12.2 Å². The SMILES string of the molecule is CCC(C)CCCCCCCCCCCCC(=O)OC[C@H](COP(=O)(O)OC[C@@H](O)COP(=O)(O)OC[C@@H](COC(=O)CCCCCCCCC(C)C)OC(=O)CCCCCCCCCCCCCCCCC(C)C)OC(=O)CCCCCCCCCCCCCCCCCCC(C)C. The average molecular weight is 1450 g/mol. The molecule has 0 radical (unpaired) electrons. The fourth-order valence-electron chi connectivity index (χ4n) is 12.2. The molecular weight excluding hydrogens is 1290 g/mol. The summed E-state index contributed by atoms with van der Waals surface area (Å²) in [5.41, 5.74) is 0. The first-order chi connectivity index (χ1) is 47.6. The summed E-state index contributed by atoms with van der Waals surface area (Å²) in [6.07, 6.45) is 55.6. The van der Waals surface area contributed by atoms with Gasteiger partial charge in [0, 0.05) is 25.7 Å². The quantitative estimate of drug-likeness (QED) is 0.0222. The van der Waals surface area contributed by atoms with Gasteiger partial charge in [-0.2, -0.15) is 0 Å². The number of unbranched alkanes of at least 4 members (excludes halogenated alkanes) is 42. The van der Waals surface area contributed by atoms with E-state index in [1.54, 1.807) is 0 Å². The third-order valence-electron chi connectivity index (χ3n) is 18.9. The second-order valence-electron chi connectivity index (χ2n) is 30.5. The van der Waals surface area contributed by atoms with Crippen LogP contribution >= 0.6 is 15.6 Å². The molecule has 99 heavy (non-hydrogen) atoms. The number of carbonyl (C=O) groups is 4. The Morgan fingerprint density at radius 1 is 0.283 bits per heavy atom. The summed E-state index contributed by atoms with van der Waals surface area (Å²) < 4.78 is 68.7. The van der Waals surface area contributed by atoms with Crippen LogP contribution in [0.5, 0.6) is 0 Å². The van der Waals surface area contributed by atoms with Gasteiger partial charge < -0.3 is 33.8 Å². The predicted molar refractivity (Wildman–Crippen MR) is 404 cm³/mol. The first kappa shape index (κ1) is 97.1. The van der Waals surface area contributed by atoms with E-state index in [1.807, 2.05) is 0 Å². The van der Waals surface area contributed by atoms with E-state index in [-0.39, 0.29) is 25.7 Å². The van der Waals surface area contributed by atoms with Crippen molar-refractivity contribution in [1.82, 2.24) is 0 Å². The number of carbonyl (C=O) groups excluding carboxylic acids is 4. The fourth-order valence-corrected chi connectivity index (χ4v) is 13.8. The minimum Gasteiger partial charge on any atom is -0.462 e. The molecule has 0 rings (SSSR count). The molecule has 0 fully saturated rings. The molecule has 0 aromatic heterocycles. The first-order valence-electron chi connectivity index (χ1n) is 41.2. The lowest BCUT2D eigenvalue weighted by atomic mass is 9.99. The summed E-state index contributed by atoms with van der Waals surface area (Å²) in [7, 11) is -9.92. The minimum absolute atomic E-state index is 0.106. The lowest BCUT2D eigenvalue weighted by molar-refractivity contribution is -0.161. The van der Waals surface area contributed by atoms with Crippen molar-refractivity contribution < 1.29 is 80.2 Å². The van der Waals surface area contributed by atoms with E-state index in [0.29, 0.717) is 31.6 Å². The molecular formula is C80H156O17P2. The van der Waals surface area contributed by atoms with Gasteiger partial charge in [0.25, 0.3) is 0 Å². The normalized spacial score (nSPS) is 14.3. The van der Waals surface area contributed by atoms with Crippen LogP contribution in [-0.4, -0.2) is 96.7 Å². The van der Waals surface area contributed by atoms with E-state index in [1.165, 1.54) is 205 Å². The molecule has 6 atom stereocenters. The van der Waals surface area contributed by atoms with Crippen LogP contribution in [-0.2, 0) is 65.4 Å². The zero-order valence-electron chi connectivity index (χ0n) is 65.1. The molecule has 0 aromatic carbocycles. The van der Waals surface area contributed by atoms with Gasteiger partial charge >= 0.3 is 39.5 Å². The zero-order chi connectivity index (χ0) is 73.1. The molecule has 588 valence electrons. The molecule has 0 saturated heterocycles. The van der Waals surface area contributed by atoms with Gasteiger partial charge in [-0.3, -0.25) is 37.3 Å². The smallest absolute Gasteiger partial charge is 0.462 e. The number of phosphoric acid groups is 2. The Hall–Kier alpha value is -1.94. The van der Waals surface area contributed by atoms with Gasteiger partial charge in [-0.15, -0.1) is 0 Å². The van der Waals surface area contributed by atoms with Crippen LogP contribution in [0.4, 0.5) is 0 Å². The summed E-state index contributed by atoms with van der Waals surface area (Å²) in [6.45, 7) is 14.2. The van der Waals surface area contributed by atoms with Crippen LogP contribution in [0.15, 0.2) is 0 Å². The van der Waals surface area contributed by atoms with Gasteiger partial charge in [0.2, 0.25) is 0 Å². The minimum atomic E-state index is -4.96. The molecule has 0 heterocycles. The molecule has 3 unspecified atom stereocenters.